The highest BCUT2D eigenvalue weighted by Gasteiger charge is 2.22. The zero-order valence-electron chi connectivity index (χ0n) is 40.6. The van der Waals surface area contributed by atoms with Crippen LogP contribution in [0.5, 0.6) is 0 Å². The Morgan fingerprint density at radius 3 is 1.40 bits per heavy atom. The van der Waals surface area contributed by atoms with Gasteiger partial charge in [0, 0.05) is 62.5 Å². The molecule has 7 heteroatoms. The summed E-state index contributed by atoms with van der Waals surface area (Å²) in [7, 11) is 0. The van der Waals surface area contributed by atoms with E-state index in [0.717, 1.165) is 37.1 Å². The fourth-order valence-electron chi connectivity index (χ4n) is 7.53. The molecule has 0 atom stereocenters. The Morgan fingerprint density at radius 1 is 0.462 bits per heavy atom. The molecule has 340 valence electrons. The molecule has 0 fully saturated rings. The summed E-state index contributed by atoms with van der Waals surface area (Å²) in [6.07, 6.45) is 0. The van der Waals surface area contributed by atoms with Crippen LogP contribution in [-0.4, -0.2) is 0 Å². The third-order valence-electron chi connectivity index (χ3n) is 11.4. The van der Waals surface area contributed by atoms with Gasteiger partial charge < -0.3 is 10.2 Å². The predicted octanol–water partition coefficient (Wildman–Crippen LogP) is 20.6. The molecule has 0 bridgehead atoms. The number of hydrogen-bond acceptors (Lipinski definition) is 4. The number of halogens is 3. The van der Waals surface area contributed by atoms with Gasteiger partial charge in [0.15, 0.2) is 0 Å². The quantitative estimate of drug-likeness (QED) is 0.185. The van der Waals surface area contributed by atoms with Crippen molar-refractivity contribution in [2.75, 3.05) is 10.2 Å². The lowest BCUT2D eigenvalue weighted by molar-refractivity contribution is 0.590. The van der Waals surface area contributed by atoms with Gasteiger partial charge in [-0.2, -0.15) is 0 Å². The molecule has 0 amide bonds. The molecule has 0 saturated carbocycles. The van der Waals surface area contributed by atoms with Crippen molar-refractivity contribution in [3.8, 4) is 0 Å². The van der Waals surface area contributed by atoms with Crippen LogP contribution in [0.15, 0.2) is 137 Å². The number of fused-ring (bicyclic) bond motifs is 2. The predicted molar refractivity (Wildman–Crippen MR) is 296 cm³/mol. The molecule has 0 radical (unpaired) electrons. The maximum atomic E-state index is 6.51. The van der Waals surface area contributed by atoms with E-state index in [1.54, 1.807) is 22.7 Å². The number of nitrogens with zero attached hydrogens (tertiary/aromatic N) is 1. The molecule has 6 aromatic carbocycles. The lowest BCUT2D eigenvalue weighted by atomic mass is 9.86. The first kappa shape index (κ1) is 50.3. The Hall–Kier alpha value is -4.10. The fraction of sp³-hybridized carbons (Fsp3) is 0.310. The molecule has 2 aromatic heterocycles. The van der Waals surface area contributed by atoms with Gasteiger partial charge in [0.2, 0.25) is 0 Å². The van der Waals surface area contributed by atoms with Crippen LogP contribution in [0.3, 0.4) is 0 Å². The topological polar surface area (TPSA) is 15.3 Å². The molecule has 0 saturated heterocycles. The van der Waals surface area contributed by atoms with Crippen molar-refractivity contribution in [3.05, 3.63) is 180 Å². The number of anilines is 5. The van der Waals surface area contributed by atoms with E-state index < -0.39 is 0 Å². The van der Waals surface area contributed by atoms with Gasteiger partial charge >= 0.3 is 0 Å². The molecule has 0 aliphatic rings. The van der Waals surface area contributed by atoms with Gasteiger partial charge in [-0.3, -0.25) is 0 Å². The van der Waals surface area contributed by atoms with Gasteiger partial charge in [0.25, 0.3) is 0 Å². The molecule has 65 heavy (non-hydrogen) atoms. The summed E-state index contributed by atoms with van der Waals surface area (Å²) in [6.45, 7) is 31.2. The highest BCUT2D eigenvalue weighted by molar-refractivity contribution is 9.10. The van der Waals surface area contributed by atoms with Crippen molar-refractivity contribution < 1.29 is 0 Å². The highest BCUT2D eigenvalue weighted by Crippen LogP contribution is 2.44. The van der Waals surface area contributed by atoms with Gasteiger partial charge in [0.05, 0.1) is 11.4 Å². The Balaban J connectivity index is 0.000000186. The van der Waals surface area contributed by atoms with Gasteiger partial charge in [-0.1, -0.05) is 159 Å². The maximum absolute atomic E-state index is 6.51. The van der Waals surface area contributed by atoms with Crippen molar-refractivity contribution in [2.45, 2.75) is 119 Å². The molecule has 8 aromatic rings. The largest absolute Gasteiger partial charge is 0.354 e. The van der Waals surface area contributed by atoms with E-state index in [-0.39, 0.29) is 21.7 Å². The summed E-state index contributed by atoms with van der Waals surface area (Å²) < 4.78 is 3.66. The summed E-state index contributed by atoms with van der Waals surface area (Å²) in [5.41, 5.74) is 14.1. The Bertz CT molecular complexity index is 2810. The van der Waals surface area contributed by atoms with Crippen LogP contribution in [0.4, 0.5) is 28.4 Å². The molecule has 0 spiro atoms. The SMILES string of the molecule is CC(C)(C)c1ccc(Nc2csc3ccc(C(C)(C)C)cc23)cc1.Cc1cc(Cl)cc(Br)c1.Cc1cc(Cl)cc(N(c2ccc(C(C)(C)C)cc2)c2csc3ccc(C(C)(C)C)cc23)c1. The smallest absolute Gasteiger partial charge is 0.0647 e. The average Bonchev–Trinajstić information content (AvgIpc) is 3.80. The minimum atomic E-state index is 0.0965. The number of rotatable bonds is 5. The van der Waals surface area contributed by atoms with Crippen LogP contribution in [-0.2, 0) is 21.7 Å². The summed E-state index contributed by atoms with van der Waals surface area (Å²) in [5.74, 6) is 0. The fourth-order valence-corrected chi connectivity index (χ4v) is 10.6. The Morgan fingerprint density at radius 2 is 0.908 bits per heavy atom. The summed E-state index contributed by atoms with van der Waals surface area (Å²) in [5, 5.41) is 12.2. The van der Waals surface area contributed by atoms with Crippen LogP contribution in [0.2, 0.25) is 10.0 Å². The van der Waals surface area contributed by atoms with Gasteiger partial charge in [-0.25, -0.2) is 0 Å². The molecular formula is C58H65BrCl2N2S2. The monoisotopic (exact) mass is 1000 g/mol. The van der Waals surface area contributed by atoms with Crippen molar-refractivity contribution >= 4 is 110 Å². The van der Waals surface area contributed by atoms with Crippen LogP contribution < -0.4 is 10.2 Å². The number of thiophene rings is 2. The number of hydrogen-bond donors (Lipinski definition) is 1. The van der Waals surface area contributed by atoms with Crippen LogP contribution in [0, 0.1) is 13.8 Å². The zero-order chi connectivity index (χ0) is 47.6. The molecule has 1 N–H and O–H groups in total. The minimum Gasteiger partial charge on any atom is -0.354 e. The first-order chi connectivity index (χ1) is 30.3. The second-order valence-electron chi connectivity index (χ2n) is 21.2. The van der Waals surface area contributed by atoms with Crippen molar-refractivity contribution in [3.63, 3.8) is 0 Å². The first-order valence-corrected chi connectivity index (χ1v) is 25.6. The third kappa shape index (κ3) is 13.1. The molecule has 8 rings (SSSR count). The van der Waals surface area contributed by atoms with Crippen LogP contribution in [0.25, 0.3) is 20.2 Å². The average molecular weight is 1010 g/mol. The molecule has 2 heterocycles. The molecule has 2 nitrogen and oxygen atoms in total. The van der Waals surface area contributed by atoms with Crippen molar-refractivity contribution in [1.82, 2.24) is 0 Å². The second kappa shape index (κ2) is 20.0. The van der Waals surface area contributed by atoms with E-state index in [9.17, 15) is 0 Å². The van der Waals surface area contributed by atoms with E-state index in [4.69, 9.17) is 23.2 Å². The molecular weight excluding hydrogens is 940 g/mol. The van der Waals surface area contributed by atoms with E-state index in [1.807, 2.05) is 31.2 Å². The highest BCUT2D eigenvalue weighted by atomic mass is 79.9. The Labute approximate surface area is 416 Å². The minimum absolute atomic E-state index is 0.0965. The maximum Gasteiger partial charge on any atom is 0.0647 e. The zero-order valence-corrected chi connectivity index (χ0v) is 45.3. The van der Waals surface area contributed by atoms with E-state index >= 15 is 0 Å². The van der Waals surface area contributed by atoms with E-state index in [2.05, 4.69) is 224 Å². The molecule has 0 unspecified atom stereocenters. The van der Waals surface area contributed by atoms with Crippen LogP contribution in [0.1, 0.15) is 116 Å². The summed E-state index contributed by atoms with van der Waals surface area (Å²) in [6, 6.07) is 43.5. The molecule has 0 aliphatic heterocycles. The normalized spacial score (nSPS) is 12.1. The Kier molecular flexibility index (Phi) is 15.5. The summed E-state index contributed by atoms with van der Waals surface area (Å²) >= 11 is 19.1. The third-order valence-corrected chi connectivity index (χ3v) is 14.2. The van der Waals surface area contributed by atoms with Crippen molar-refractivity contribution in [1.29, 1.82) is 0 Å². The second-order valence-corrected chi connectivity index (χ2v) is 24.8. The standard InChI is InChI=1S/C29H32ClNS.C22H27NS.C7H6BrCl/c1-19-14-22(30)17-24(15-19)31(23-11-8-20(9-12-23)28(2,3)4)26-18-32-27-13-10-21(16-25(26)27)29(5,6)7;1-21(2,3)15-7-10-17(11-8-15)23-19-14-24-20-12-9-16(13-18(19)20)22(4,5)6;1-5-2-6(8)4-7(9)3-5/h8-18H,1-7H3;7-14,23H,1-6H3;2-4H,1H3. The number of benzene rings is 6. The lowest BCUT2D eigenvalue weighted by Gasteiger charge is -2.27. The van der Waals surface area contributed by atoms with Crippen LogP contribution >= 0.6 is 61.8 Å². The number of aryl methyl sites for hydroxylation is 2. The number of nitrogens with one attached hydrogen (secondary N) is 1. The summed E-state index contributed by atoms with van der Waals surface area (Å²) in [4.78, 5) is 2.34. The van der Waals surface area contributed by atoms with Gasteiger partial charge in [-0.05, 0) is 154 Å². The van der Waals surface area contributed by atoms with Crippen molar-refractivity contribution in [2.24, 2.45) is 0 Å². The van der Waals surface area contributed by atoms with E-state index in [0.29, 0.717) is 0 Å². The van der Waals surface area contributed by atoms with E-state index in [1.165, 1.54) is 59.4 Å². The van der Waals surface area contributed by atoms with Gasteiger partial charge in [-0.15, -0.1) is 22.7 Å². The molecule has 0 aliphatic carbocycles. The lowest BCUT2D eigenvalue weighted by Crippen LogP contribution is -2.13. The first-order valence-electron chi connectivity index (χ1n) is 22.3. The van der Waals surface area contributed by atoms with Gasteiger partial charge in [0.1, 0.15) is 0 Å².